The van der Waals surface area contributed by atoms with E-state index in [1.807, 2.05) is 0 Å². The molecule has 0 saturated heterocycles. The number of unbranched alkanes of at least 4 members (excludes halogenated alkanes) is 3. The first-order valence-corrected chi connectivity index (χ1v) is 9.31. The minimum atomic E-state index is -0.118. The number of nitrogens with one attached hydrogen (secondary N) is 1. The number of esters is 1. The van der Waals surface area contributed by atoms with Crippen LogP contribution in [-0.2, 0) is 14.3 Å². The van der Waals surface area contributed by atoms with Gasteiger partial charge in [-0.2, -0.15) is 0 Å². The molecular formula is C18H36IN3O3. The fourth-order valence-electron chi connectivity index (χ4n) is 2.33. The van der Waals surface area contributed by atoms with Crippen molar-refractivity contribution in [2.45, 2.75) is 51.9 Å². The Bertz CT molecular complexity index is 377. The Labute approximate surface area is 170 Å². The van der Waals surface area contributed by atoms with Crippen molar-refractivity contribution in [3.63, 3.8) is 0 Å². The maximum atomic E-state index is 11.0. The summed E-state index contributed by atoms with van der Waals surface area (Å²) in [5.74, 6) is 1.64. The van der Waals surface area contributed by atoms with Crippen LogP contribution >= 0.6 is 24.0 Å². The molecule has 1 rings (SSSR count). The van der Waals surface area contributed by atoms with Crippen LogP contribution in [0.25, 0.3) is 0 Å². The zero-order valence-electron chi connectivity index (χ0n) is 16.1. The van der Waals surface area contributed by atoms with E-state index in [1.54, 1.807) is 0 Å². The molecule has 0 atom stereocenters. The van der Waals surface area contributed by atoms with E-state index in [1.165, 1.54) is 20.0 Å². The fraction of sp³-hybridized carbons (Fsp3) is 0.889. The number of hydrogen-bond donors (Lipinski definition) is 1. The van der Waals surface area contributed by atoms with E-state index in [2.05, 4.69) is 33.9 Å². The largest absolute Gasteiger partial charge is 0.469 e. The molecule has 0 radical (unpaired) electrons. The molecule has 0 heterocycles. The van der Waals surface area contributed by atoms with Gasteiger partial charge in [0.15, 0.2) is 5.96 Å². The Balaban J connectivity index is 0.00000576. The molecule has 0 aliphatic heterocycles. The molecule has 0 spiro atoms. The van der Waals surface area contributed by atoms with Gasteiger partial charge in [0.25, 0.3) is 0 Å². The van der Waals surface area contributed by atoms with Crippen LogP contribution in [-0.4, -0.2) is 63.8 Å². The van der Waals surface area contributed by atoms with Crippen molar-refractivity contribution in [1.82, 2.24) is 10.2 Å². The van der Waals surface area contributed by atoms with Crippen LogP contribution < -0.4 is 5.32 Å². The molecule has 0 unspecified atom stereocenters. The van der Waals surface area contributed by atoms with E-state index in [4.69, 9.17) is 4.74 Å². The molecule has 1 aliphatic carbocycles. The molecule has 1 aliphatic rings. The molecular weight excluding hydrogens is 433 g/mol. The second-order valence-corrected chi connectivity index (χ2v) is 6.42. The van der Waals surface area contributed by atoms with Crippen LogP contribution in [0, 0.1) is 5.92 Å². The second-order valence-electron chi connectivity index (χ2n) is 6.42. The number of hydrogen-bond acceptors (Lipinski definition) is 4. The van der Waals surface area contributed by atoms with Gasteiger partial charge in [0.05, 0.1) is 13.7 Å². The van der Waals surface area contributed by atoms with Crippen molar-refractivity contribution in [1.29, 1.82) is 0 Å². The summed E-state index contributed by atoms with van der Waals surface area (Å²) >= 11 is 0. The highest BCUT2D eigenvalue weighted by Crippen LogP contribution is 2.28. The lowest BCUT2D eigenvalue weighted by Crippen LogP contribution is -2.40. The molecule has 0 aromatic heterocycles. The van der Waals surface area contributed by atoms with Gasteiger partial charge in [0, 0.05) is 39.7 Å². The van der Waals surface area contributed by atoms with Crippen molar-refractivity contribution in [3.05, 3.63) is 0 Å². The van der Waals surface area contributed by atoms with Crippen molar-refractivity contribution < 1.29 is 14.3 Å². The number of halogens is 1. The number of nitrogens with zero attached hydrogens (tertiary/aromatic N) is 2. The predicted molar refractivity (Wildman–Crippen MR) is 113 cm³/mol. The molecule has 0 aromatic rings. The van der Waals surface area contributed by atoms with Gasteiger partial charge < -0.3 is 19.7 Å². The zero-order chi connectivity index (χ0) is 17.6. The van der Waals surface area contributed by atoms with E-state index in [9.17, 15) is 4.79 Å². The van der Waals surface area contributed by atoms with Crippen LogP contribution in [0.2, 0.25) is 0 Å². The Morgan fingerprint density at radius 2 is 1.96 bits per heavy atom. The first-order chi connectivity index (χ1) is 11.7. The van der Waals surface area contributed by atoms with Crippen LogP contribution in [0.15, 0.2) is 4.99 Å². The maximum absolute atomic E-state index is 11.0. The van der Waals surface area contributed by atoms with Crippen molar-refractivity contribution in [2.75, 3.05) is 47.0 Å². The first kappa shape index (κ1) is 24.4. The number of ether oxygens (including phenoxy) is 2. The Morgan fingerprint density at radius 3 is 2.60 bits per heavy atom. The molecule has 6 nitrogen and oxygen atoms in total. The van der Waals surface area contributed by atoms with Crippen molar-refractivity contribution in [3.8, 4) is 0 Å². The average Bonchev–Trinajstić information content (AvgIpc) is 3.40. The van der Waals surface area contributed by atoms with E-state index in [-0.39, 0.29) is 29.9 Å². The maximum Gasteiger partial charge on any atom is 0.305 e. The lowest BCUT2D eigenvalue weighted by Gasteiger charge is -2.22. The molecule has 7 heteroatoms. The summed E-state index contributed by atoms with van der Waals surface area (Å²) in [4.78, 5) is 17.8. The smallest absolute Gasteiger partial charge is 0.305 e. The van der Waals surface area contributed by atoms with Gasteiger partial charge in [0.1, 0.15) is 0 Å². The predicted octanol–water partition coefficient (Wildman–Crippen LogP) is 3.05. The quantitative estimate of drug-likeness (QED) is 0.148. The van der Waals surface area contributed by atoms with E-state index in [0.717, 1.165) is 70.4 Å². The van der Waals surface area contributed by atoms with E-state index in [0.29, 0.717) is 6.42 Å². The highest BCUT2D eigenvalue weighted by molar-refractivity contribution is 14.0. The summed E-state index contributed by atoms with van der Waals surface area (Å²) in [5.41, 5.74) is 0. The van der Waals surface area contributed by atoms with Crippen molar-refractivity contribution >= 4 is 35.9 Å². The number of rotatable bonds is 13. The second kappa shape index (κ2) is 15.7. The third-order valence-electron chi connectivity index (χ3n) is 4.10. The third-order valence-corrected chi connectivity index (χ3v) is 4.10. The summed E-state index contributed by atoms with van der Waals surface area (Å²) in [7, 11) is 3.49. The summed E-state index contributed by atoms with van der Waals surface area (Å²) in [6, 6.07) is 0. The van der Waals surface area contributed by atoms with E-state index >= 15 is 0 Å². The van der Waals surface area contributed by atoms with E-state index < -0.39 is 0 Å². The topological polar surface area (TPSA) is 63.2 Å². The van der Waals surface area contributed by atoms with Gasteiger partial charge >= 0.3 is 5.97 Å². The molecule has 0 amide bonds. The summed E-state index contributed by atoms with van der Waals surface area (Å²) < 4.78 is 10.3. The van der Waals surface area contributed by atoms with Crippen molar-refractivity contribution in [2.24, 2.45) is 10.9 Å². The fourth-order valence-corrected chi connectivity index (χ4v) is 2.33. The number of likely N-dealkylation sites (N-methyl/N-ethyl adjacent to an activating group) is 1. The van der Waals surface area contributed by atoms with Crippen LogP contribution in [0.4, 0.5) is 0 Å². The Morgan fingerprint density at radius 1 is 1.24 bits per heavy atom. The van der Waals surface area contributed by atoms with Gasteiger partial charge in [-0.05, 0) is 38.5 Å². The van der Waals surface area contributed by atoms with Gasteiger partial charge in [-0.25, -0.2) is 0 Å². The SMILES string of the molecule is CCNC(=NCCCCCCC(=O)OC)N(C)CCOCC1CC1.I. The minimum Gasteiger partial charge on any atom is -0.469 e. The number of guanidine groups is 1. The third kappa shape index (κ3) is 13.3. The first-order valence-electron chi connectivity index (χ1n) is 9.31. The molecule has 1 fully saturated rings. The van der Waals surface area contributed by atoms with Crippen LogP contribution in [0.5, 0.6) is 0 Å². The normalized spacial score (nSPS) is 14.0. The van der Waals surface area contributed by atoms with Crippen LogP contribution in [0.3, 0.4) is 0 Å². The molecule has 1 saturated carbocycles. The molecule has 25 heavy (non-hydrogen) atoms. The van der Waals surface area contributed by atoms with Gasteiger partial charge in [0.2, 0.25) is 0 Å². The number of methoxy groups -OCH3 is 1. The molecule has 148 valence electrons. The highest BCUT2D eigenvalue weighted by Gasteiger charge is 2.21. The number of carbonyl (C=O) groups excluding carboxylic acids is 1. The number of carbonyl (C=O) groups is 1. The van der Waals surface area contributed by atoms with Gasteiger partial charge in [-0.1, -0.05) is 12.8 Å². The molecule has 1 N–H and O–H groups in total. The monoisotopic (exact) mass is 469 g/mol. The standard InChI is InChI=1S/C18H35N3O3.HI/c1-4-19-18(21(2)13-14-24-15-16-10-11-16)20-12-8-6-5-7-9-17(22)23-3;/h16H,4-15H2,1-3H3,(H,19,20);1H. The van der Waals surface area contributed by atoms with Gasteiger partial charge in [-0.15, -0.1) is 24.0 Å². The average molecular weight is 469 g/mol. The Kier molecular flexibility index (Phi) is 15.3. The molecule has 0 aromatic carbocycles. The lowest BCUT2D eigenvalue weighted by molar-refractivity contribution is -0.140. The number of aliphatic imine (C=N–C) groups is 1. The van der Waals surface area contributed by atoms with Crippen LogP contribution in [0.1, 0.15) is 51.9 Å². The minimum absolute atomic E-state index is 0. The Hall–Kier alpha value is -0.570. The summed E-state index contributed by atoms with van der Waals surface area (Å²) in [6.07, 6.45) is 7.27. The van der Waals surface area contributed by atoms with Gasteiger partial charge in [-0.3, -0.25) is 9.79 Å². The lowest BCUT2D eigenvalue weighted by atomic mass is 10.1. The zero-order valence-corrected chi connectivity index (χ0v) is 18.4. The summed E-state index contributed by atoms with van der Waals surface area (Å²) in [6.45, 7) is 6.29. The highest BCUT2D eigenvalue weighted by atomic mass is 127. The molecule has 0 bridgehead atoms. The summed E-state index contributed by atoms with van der Waals surface area (Å²) in [5, 5.41) is 3.33.